The number of hydrogen-bond donors (Lipinski definition) is 0. The first-order chi connectivity index (χ1) is 20.4. The highest BCUT2D eigenvalue weighted by Crippen LogP contribution is 2.14. The largest absolute Gasteiger partial charge is 0.462 e. The van der Waals surface area contributed by atoms with Gasteiger partial charge in [0.1, 0.15) is 0 Å². The summed E-state index contributed by atoms with van der Waals surface area (Å²) < 4.78 is 20.6. The van der Waals surface area contributed by atoms with Crippen LogP contribution in [0.25, 0.3) is 0 Å². The molecule has 0 aliphatic carbocycles. The number of ether oxygens (including phenoxy) is 4. The third-order valence-electron chi connectivity index (χ3n) is 6.07. The van der Waals surface area contributed by atoms with E-state index >= 15 is 0 Å². The summed E-state index contributed by atoms with van der Waals surface area (Å²) in [5, 5.41) is 0. The molecule has 0 unspecified atom stereocenters. The second-order valence-electron chi connectivity index (χ2n) is 9.76. The van der Waals surface area contributed by atoms with E-state index in [1.165, 1.54) is 0 Å². The van der Waals surface area contributed by atoms with Gasteiger partial charge < -0.3 is 18.9 Å². The molecule has 0 atom stereocenters. The fourth-order valence-electron chi connectivity index (χ4n) is 3.77. The zero-order chi connectivity index (χ0) is 31.0. The Labute approximate surface area is 251 Å². The van der Waals surface area contributed by atoms with Crippen molar-refractivity contribution in [2.75, 3.05) is 26.4 Å². The summed E-state index contributed by atoms with van der Waals surface area (Å²) in [6.07, 6.45) is 9.84. The maximum Gasteiger partial charge on any atom is 0.339 e. The minimum absolute atomic E-state index is 0.257. The van der Waals surface area contributed by atoms with Gasteiger partial charge in [0.15, 0.2) is 0 Å². The topological polar surface area (TPSA) is 105 Å². The van der Waals surface area contributed by atoms with Gasteiger partial charge in [-0.15, -0.1) is 0 Å². The molecule has 42 heavy (non-hydrogen) atoms. The Kier molecular flexibility index (Phi) is 19.9. The molecule has 8 nitrogen and oxygen atoms in total. The number of rotatable bonds is 18. The van der Waals surface area contributed by atoms with Gasteiger partial charge in [-0.25, -0.2) is 19.2 Å². The van der Waals surface area contributed by atoms with Gasteiger partial charge in [0.25, 0.3) is 0 Å². The molecule has 0 aliphatic rings. The fraction of sp³-hybridized carbons (Fsp3) is 0.529. The van der Waals surface area contributed by atoms with Crippen LogP contribution in [0.3, 0.4) is 0 Å². The first-order valence-corrected chi connectivity index (χ1v) is 15.3. The third-order valence-corrected chi connectivity index (χ3v) is 6.07. The Morgan fingerprint density at radius 2 is 0.690 bits per heavy atom. The number of unbranched alkanes of at least 4 members (excludes halogenated alkanes) is 6. The van der Waals surface area contributed by atoms with Gasteiger partial charge >= 0.3 is 23.9 Å². The Balaban J connectivity index is 0.000000437. The van der Waals surface area contributed by atoms with Gasteiger partial charge in [-0.3, -0.25) is 0 Å². The molecule has 0 aromatic heterocycles. The molecular formula is C34H48O8. The molecule has 0 bridgehead atoms. The molecule has 0 saturated carbocycles. The smallest absolute Gasteiger partial charge is 0.339 e. The van der Waals surface area contributed by atoms with Crippen molar-refractivity contribution in [2.45, 2.75) is 91.9 Å². The van der Waals surface area contributed by atoms with E-state index in [1.54, 1.807) is 48.5 Å². The van der Waals surface area contributed by atoms with Crippen LogP contribution < -0.4 is 0 Å². The van der Waals surface area contributed by atoms with Gasteiger partial charge in [-0.2, -0.15) is 0 Å². The highest BCUT2D eigenvalue weighted by Gasteiger charge is 2.19. The average Bonchev–Trinajstić information content (AvgIpc) is 3.02. The van der Waals surface area contributed by atoms with Crippen LogP contribution in [-0.4, -0.2) is 50.3 Å². The van der Waals surface area contributed by atoms with Crippen molar-refractivity contribution in [3.63, 3.8) is 0 Å². The summed E-state index contributed by atoms with van der Waals surface area (Å²) in [7, 11) is 0. The number of carbonyl (C=O) groups is 4. The van der Waals surface area contributed by atoms with E-state index in [2.05, 4.69) is 13.8 Å². The summed E-state index contributed by atoms with van der Waals surface area (Å²) in [5.74, 6) is -1.88. The zero-order valence-electron chi connectivity index (χ0n) is 25.8. The van der Waals surface area contributed by atoms with Crippen molar-refractivity contribution in [1.82, 2.24) is 0 Å². The van der Waals surface area contributed by atoms with Crippen LogP contribution in [0.15, 0.2) is 48.5 Å². The van der Waals surface area contributed by atoms with Crippen LogP contribution in [0.4, 0.5) is 0 Å². The predicted molar refractivity (Wildman–Crippen MR) is 163 cm³/mol. The van der Waals surface area contributed by atoms with Crippen molar-refractivity contribution >= 4 is 23.9 Å². The van der Waals surface area contributed by atoms with E-state index in [1.807, 2.05) is 13.8 Å². The highest BCUT2D eigenvalue weighted by atomic mass is 16.5. The van der Waals surface area contributed by atoms with E-state index in [4.69, 9.17) is 18.9 Å². The molecule has 0 saturated heterocycles. The van der Waals surface area contributed by atoms with E-state index in [9.17, 15) is 19.2 Å². The maximum atomic E-state index is 12.2. The molecule has 2 aromatic rings. The van der Waals surface area contributed by atoms with Gasteiger partial charge in [-0.05, 0) is 49.9 Å². The first-order valence-electron chi connectivity index (χ1n) is 15.3. The third kappa shape index (κ3) is 14.3. The van der Waals surface area contributed by atoms with Crippen LogP contribution in [0, 0.1) is 0 Å². The van der Waals surface area contributed by atoms with Crippen LogP contribution >= 0.6 is 0 Å². The van der Waals surface area contributed by atoms with Crippen molar-refractivity contribution in [2.24, 2.45) is 0 Å². The van der Waals surface area contributed by atoms with Crippen molar-refractivity contribution in [3.8, 4) is 0 Å². The van der Waals surface area contributed by atoms with Gasteiger partial charge in [0, 0.05) is 0 Å². The number of carbonyl (C=O) groups excluding carboxylic acids is 4. The summed E-state index contributed by atoms with van der Waals surface area (Å²) in [6.45, 7) is 9.56. The van der Waals surface area contributed by atoms with Crippen molar-refractivity contribution < 1.29 is 38.1 Å². The Hall–Kier alpha value is -3.68. The first kappa shape index (κ1) is 36.3. The van der Waals surface area contributed by atoms with Crippen molar-refractivity contribution in [3.05, 3.63) is 70.8 Å². The van der Waals surface area contributed by atoms with Crippen LogP contribution in [0.5, 0.6) is 0 Å². The van der Waals surface area contributed by atoms with Gasteiger partial charge in [0.05, 0.1) is 48.7 Å². The summed E-state index contributed by atoms with van der Waals surface area (Å²) in [6, 6.07) is 13.2. The molecule has 2 aromatic carbocycles. The highest BCUT2D eigenvalue weighted by molar-refractivity contribution is 6.03. The molecule has 2 rings (SSSR count). The quantitative estimate of drug-likeness (QED) is 0.0986. The van der Waals surface area contributed by atoms with E-state index < -0.39 is 23.9 Å². The Morgan fingerprint density at radius 3 is 0.952 bits per heavy atom. The molecule has 8 heteroatoms. The number of benzene rings is 2. The normalized spacial score (nSPS) is 10.2. The number of esters is 4. The molecule has 0 spiro atoms. The molecule has 0 radical (unpaired) electrons. The lowest BCUT2D eigenvalue weighted by Gasteiger charge is -2.10. The van der Waals surface area contributed by atoms with Crippen LogP contribution in [-0.2, 0) is 18.9 Å². The van der Waals surface area contributed by atoms with E-state index in [0.29, 0.717) is 26.4 Å². The number of hydrogen-bond acceptors (Lipinski definition) is 8. The summed E-state index contributed by atoms with van der Waals surface area (Å²) in [5.41, 5.74) is 1.08. The predicted octanol–water partition coefficient (Wildman–Crippen LogP) is 7.98. The van der Waals surface area contributed by atoms with Gasteiger partial charge in [-0.1, -0.05) is 90.5 Å². The van der Waals surface area contributed by atoms with Crippen LogP contribution in [0.2, 0.25) is 0 Å². The zero-order valence-corrected chi connectivity index (χ0v) is 25.8. The molecular weight excluding hydrogens is 536 g/mol. The molecule has 0 aliphatic heterocycles. The van der Waals surface area contributed by atoms with Crippen LogP contribution in [0.1, 0.15) is 133 Å². The SMILES string of the molecule is CCCCCCOC(=O)c1ccccc1C(=O)OCCCCCC.CCCOC(=O)c1ccccc1C(=O)OCCC. The summed E-state index contributed by atoms with van der Waals surface area (Å²) in [4.78, 5) is 47.9. The molecule has 0 fully saturated rings. The maximum absolute atomic E-state index is 12.2. The Bertz CT molecular complexity index is 995. The molecule has 0 N–H and O–H groups in total. The average molecular weight is 585 g/mol. The fourth-order valence-corrected chi connectivity index (χ4v) is 3.77. The van der Waals surface area contributed by atoms with Crippen molar-refractivity contribution in [1.29, 1.82) is 0 Å². The lowest BCUT2D eigenvalue weighted by molar-refractivity contribution is 0.0450. The Morgan fingerprint density at radius 1 is 0.405 bits per heavy atom. The lowest BCUT2D eigenvalue weighted by atomic mass is 10.1. The van der Waals surface area contributed by atoms with E-state index in [0.717, 1.165) is 64.2 Å². The minimum Gasteiger partial charge on any atom is -0.462 e. The summed E-state index contributed by atoms with van der Waals surface area (Å²) >= 11 is 0. The lowest BCUT2D eigenvalue weighted by Crippen LogP contribution is -2.15. The monoisotopic (exact) mass is 584 g/mol. The standard InChI is InChI=1S/C20H30O4.C14H18O4/c1-3-5-7-11-15-23-19(21)17-13-9-10-14-18(17)20(22)24-16-12-8-6-4-2;1-3-9-17-13(15)11-7-5-6-8-12(11)14(16)18-10-4-2/h9-10,13-14H,3-8,11-12,15-16H2,1-2H3;5-8H,3-4,9-10H2,1-2H3. The molecule has 232 valence electrons. The van der Waals surface area contributed by atoms with E-state index in [-0.39, 0.29) is 22.3 Å². The molecule has 0 amide bonds. The van der Waals surface area contributed by atoms with Gasteiger partial charge in [0.2, 0.25) is 0 Å². The second-order valence-corrected chi connectivity index (χ2v) is 9.76. The minimum atomic E-state index is -0.485. The molecule has 0 heterocycles. The second kappa shape index (κ2) is 22.9.